The highest BCUT2D eigenvalue weighted by molar-refractivity contribution is 5.95. The Labute approximate surface area is 121 Å². The minimum Gasteiger partial charge on any atom is -0.493 e. The van der Waals surface area contributed by atoms with Crippen LogP contribution in [0.1, 0.15) is 45.0 Å². The summed E-state index contributed by atoms with van der Waals surface area (Å²) in [5.74, 6) is 0.897. The molecule has 4 nitrogen and oxygen atoms in total. The van der Waals surface area contributed by atoms with E-state index in [1.807, 2.05) is 6.07 Å². The monoisotopic (exact) mass is 279 g/mol. The number of hydrogen-bond donors (Lipinski definition) is 2. The lowest BCUT2D eigenvalue weighted by Crippen LogP contribution is -2.50. The fourth-order valence-electron chi connectivity index (χ4n) is 1.46. The first kappa shape index (κ1) is 16.5. The molecule has 0 aliphatic heterocycles. The Morgan fingerprint density at radius 3 is 2.55 bits per heavy atom. The lowest BCUT2D eigenvalue weighted by atomic mass is 9.98. The van der Waals surface area contributed by atoms with Crippen LogP contribution < -0.4 is 10.1 Å². The van der Waals surface area contributed by atoms with Crippen molar-refractivity contribution < 1.29 is 14.6 Å². The number of rotatable bonds is 6. The van der Waals surface area contributed by atoms with Crippen LogP contribution in [0.4, 0.5) is 0 Å². The van der Waals surface area contributed by atoms with Gasteiger partial charge in [-0.2, -0.15) is 0 Å². The fraction of sp³-hybridized carbons (Fsp3) is 0.562. The van der Waals surface area contributed by atoms with Crippen LogP contribution in [0, 0.1) is 5.92 Å². The van der Waals surface area contributed by atoms with Crippen molar-refractivity contribution in [3.05, 3.63) is 29.8 Å². The quantitative estimate of drug-likeness (QED) is 0.841. The summed E-state index contributed by atoms with van der Waals surface area (Å²) in [6.45, 7) is 9.99. The first-order valence-corrected chi connectivity index (χ1v) is 6.96. The normalized spacial score (nSPS) is 13.2. The van der Waals surface area contributed by atoms with Gasteiger partial charge < -0.3 is 15.2 Å². The van der Waals surface area contributed by atoms with Gasteiger partial charge in [0, 0.05) is 5.56 Å². The largest absolute Gasteiger partial charge is 0.493 e. The number of carbonyl (C=O) groups excluding carboxylic acids is 1. The molecule has 0 aliphatic carbocycles. The third-order valence-electron chi connectivity index (χ3n) is 3.16. The molecule has 20 heavy (non-hydrogen) atoms. The zero-order valence-electron chi connectivity index (χ0n) is 12.9. The minimum absolute atomic E-state index is 0.217. The van der Waals surface area contributed by atoms with Crippen molar-refractivity contribution in [2.24, 2.45) is 5.92 Å². The molecular formula is C16H25NO3. The molecule has 1 amide bonds. The summed E-state index contributed by atoms with van der Waals surface area (Å²) in [6.07, 6.45) is -0.633. The number of aliphatic hydroxyl groups excluding tert-OH is 1. The molecule has 0 fully saturated rings. The first-order chi connectivity index (χ1) is 9.22. The SMILES string of the molecule is CC(C)COc1cccc(C(=O)NC(C)(C)C(C)O)c1. The zero-order valence-corrected chi connectivity index (χ0v) is 12.9. The summed E-state index contributed by atoms with van der Waals surface area (Å²) < 4.78 is 5.61. The molecule has 1 aromatic carbocycles. The van der Waals surface area contributed by atoms with E-state index in [2.05, 4.69) is 19.2 Å². The number of amides is 1. The molecule has 2 N–H and O–H groups in total. The van der Waals surface area contributed by atoms with Crippen LogP contribution >= 0.6 is 0 Å². The second-order valence-electron chi connectivity index (χ2n) is 6.08. The van der Waals surface area contributed by atoms with Gasteiger partial charge in [-0.1, -0.05) is 19.9 Å². The van der Waals surface area contributed by atoms with E-state index >= 15 is 0 Å². The maximum atomic E-state index is 12.2. The Hall–Kier alpha value is -1.55. The van der Waals surface area contributed by atoms with Crippen molar-refractivity contribution in [3.8, 4) is 5.75 Å². The van der Waals surface area contributed by atoms with Crippen molar-refractivity contribution in [2.45, 2.75) is 46.3 Å². The minimum atomic E-state index is -0.675. The molecule has 1 unspecified atom stereocenters. The Kier molecular flexibility index (Phi) is 5.57. The third kappa shape index (κ3) is 4.85. The predicted molar refractivity (Wildman–Crippen MR) is 80.0 cm³/mol. The standard InChI is InChI=1S/C16H25NO3/c1-11(2)10-20-14-8-6-7-13(9-14)15(19)17-16(4,5)12(3)18/h6-9,11-12,18H,10H2,1-5H3,(H,17,19). The van der Waals surface area contributed by atoms with Gasteiger partial charge in [-0.05, 0) is 44.9 Å². The van der Waals surface area contributed by atoms with E-state index in [0.717, 1.165) is 0 Å². The van der Waals surface area contributed by atoms with Gasteiger partial charge in [0.15, 0.2) is 0 Å². The summed E-state index contributed by atoms with van der Waals surface area (Å²) in [6, 6.07) is 7.07. The molecule has 4 heteroatoms. The Bertz CT molecular complexity index is 453. The van der Waals surface area contributed by atoms with E-state index in [1.54, 1.807) is 39.0 Å². The van der Waals surface area contributed by atoms with Crippen LogP contribution in [-0.2, 0) is 0 Å². The lowest BCUT2D eigenvalue weighted by Gasteiger charge is -2.29. The van der Waals surface area contributed by atoms with Crippen LogP contribution in [0.2, 0.25) is 0 Å². The Morgan fingerprint density at radius 2 is 2.00 bits per heavy atom. The average molecular weight is 279 g/mol. The van der Waals surface area contributed by atoms with E-state index < -0.39 is 11.6 Å². The summed E-state index contributed by atoms with van der Waals surface area (Å²) in [5.41, 5.74) is -0.147. The van der Waals surface area contributed by atoms with E-state index in [-0.39, 0.29) is 5.91 Å². The van der Waals surface area contributed by atoms with Crippen molar-refractivity contribution in [1.29, 1.82) is 0 Å². The van der Waals surface area contributed by atoms with Gasteiger partial charge in [0.1, 0.15) is 5.75 Å². The van der Waals surface area contributed by atoms with Gasteiger partial charge in [0.2, 0.25) is 0 Å². The molecule has 0 saturated carbocycles. The molecule has 0 aliphatic rings. The molecule has 112 valence electrons. The molecular weight excluding hydrogens is 254 g/mol. The third-order valence-corrected chi connectivity index (χ3v) is 3.16. The highest BCUT2D eigenvalue weighted by Crippen LogP contribution is 2.16. The van der Waals surface area contributed by atoms with Crippen LogP contribution in [0.5, 0.6) is 5.75 Å². The summed E-state index contributed by atoms with van der Waals surface area (Å²) in [7, 11) is 0. The van der Waals surface area contributed by atoms with Crippen molar-refractivity contribution in [2.75, 3.05) is 6.61 Å². The lowest BCUT2D eigenvalue weighted by molar-refractivity contribution is 0.0709. The second-order valence-corrected chi connectivity index (χ2v) is 6.08. The maximum Gasteiger partial charge on any atom is 0.251 e. The molecule has 0 bridgehead atoms. The molecule has 0 heterocycles. The molecule has 0 radical (unpaired) electrons. The van der Waals surface area contributed by atoms with E-state index in [4.69, 9.17) is 4.74 Å². The maximum absolute atomic E-state index is 12.2. The van der Waals surface area contributed by atoms with Crippen LogP contribution in [-0.4, -0.2) is 29.3 Å². The van der Waals surface area contributed by atoms with Crippen molar-refractivity contribution in [1.82, 2.24) is 5.32 Å². The Balaban J connectivity index is 2.76. The Morgan fingerprint density at radius 1 is 1.35 bits per heavy atom. The molecule has 1 atom stereocenters. The van der Waals surface area contributed by atoms with Gasteiger partial charge in [0.05, 0.1) is 18.2 Å². The van der Waals surface area contributed by atoms with Crippen LogP contribution in [0.3, 0.4) is 0 Å². The summed E-state index contributed by atoms with van der Waals surface area (Å²) in [4.78, 5) is 12.2. The highest BCUT2D eigenvalue weighted by atomic mass is 16.5. The van der Waals surface area contributed by atoms with Crippen molar-refractivity contribution >= 4 is 5.91 Å². The molecule has 0 spiro atoms. The van der Waals surface area contributed by atoms with Gasteiger partial charge in [-0.25, -0.2) is 0 Å². The zero-order chi connectivity index (χ0) is 15.3. The number of benzene rings is 1. The smallest absolute Gasteiger partial charge is 0.251 e. The van der Waals surface area contributed by atoms with Gasteiger partial charge in [0.25, 0.3) is 5.91 Å². The van der Waals surface area contributed by atoms with Crippen LogP contribution in [0.15, 0.2) is 24.3 Å². The number of hydrogen-bond acceptors (Lipinski definition) is 3. The van der Waals surface area contributed by atoms with E-state index in [9.17, 15) is 9.90 Å². The number of aliphatic hydroxyl groups is 1. The molecule has 0 aromatic heterocycles. The first-order valence-electron chi connectivity index (χ1n) is 6.96. The van der Waals surface area contributed by atoms with E-state index in [1.165, 1.54) is 0 Å². The molecule has 1 aromatic rings. The topological polar surface area (TPSA) is 58.6 Å². The molecule has 1 rings (SSSR count). The fourth-order valence-corrected chi connectivity index (χ4v) is 1.46. The van der Waals surface area contributed by atoms with Crippen molar-refractivity contribution in [3.63, 3.8) is 0 Å². The summed E-state index contributed by atoms with van der Waals surface area (Å²) in [5, 5.41) is 12.5. The highest BCUT2D eigenvalue weighted by Gasteiger charge is 2.26. The molecule has 0 saturated heterocycles. The summed E-state index contributed by atoms with van der Waals surface area (Å²) >= 11 is 0. The average Bonchev–Trinajstić information content (AvgIpc) is 2.36. The predicted octanol–water partition coefficient (Wildman–Crippen LogP) is 2.61. The number of nitrogens with one attached hydrogen (secondary N) is 1. The van der Waals surface area contributed by atoms with Gasteiger partial charge in [-0.15, -0.1) is 0 Å². The van der Waals surface area contributed by atoms with E-state index in [0.29, 0.717) is 23.8 Å². The van der Waals surface area contributed by atoms with Gasteiger partial charge >= 0.3 is 0 Å². The number of ether oxygens (including phenoxy) is 1. The second kappa shape index (κ2) is 6.75. The number of carbonyl (C=O) groups is 1. The van der Waals surface area contributed by atoms with Crippen LogP contribution in [0.25, 0.3) is 0 Å². The van der Waals surface area contributed by atoms with Gasteiger partial charge in [-0.3, -0.25) is 4.79 Å².